The van der Waals surface area contributed by atoms with E-state index in [1.807, 2.05) is 0 Å². The van der Waals surface area contributed by atoms with E-state index in [0.29, 0.717) is 0 Å². The largest absolute Gasteiger partial charge is 0.492 e. The highest BCUT2D eigenvalue weighted by Gasteiger charge is 2.32. The molecule has 3 heterocycles. The maximum Gasteiger partial charge on any atom is 0.130 e. The lowest BCUT2D eigenvalue weighted by molar-refractivity contribution is 0.358. The zero-order chi connectivity index (χ0) is 18.5. The molecule has 0 radical (unpaired) electrons. The first kappa shape index (κ1) is 16.4. The van der Waals surface area contributed by atoms with Gasteiger partial charge in [-0.2, -0.15) is 0 Å². The van der Waals surface area contributed by atoms with Crippen molar-refractivity contribution in [1.29, 1.82) is 0 Å². The Bertz CT molecular complexity index is 939. The molecule has 3 aliphatic heterocycles. The Balaban J connectivity index is 1.62. The minimum Gasteiger partial charge on any atom is -0.492 e. The van der Waals surface area contributed by atoms with Gasteiger partial charge in [-0.25, -0.2) is 0 Å². The van der Waals surface area contributed by atoms with Crippen LogP contribution in [0.1, 0.15) is 16.7 Å². The van der Waals surface area contributed by atoms with Crippen molar-refractivity contribution < 1.29 is 14.2 Å². The average molecular weight is 388 g/mol. The second kappa shape index (κ2) is 6.53. The van der Waals surface area contributed by atoms with Crippen LogP contribution in [0.5, 0.6) is 17.2 Å². The number of benzene rings is 3. The number of hydrogen-bond donors (Lipinski definition) is 0. The van der Waals surface area contributed by atoms with Crippen LogP contribution in [-0.2, 0) is 19.3 Å². The smallest absolute Gasteiger partial charge is 0.130 e. The molecule has 3 aliphatic rings. The van der Waals surface area contributed by atoms with Gasteiger partial charge in [-0.1, -0.05) is 54.6 Å². The van der Waals surface area contributed by atoms with E-state index in [9.17, 15) is 0 Å². The molecule has 3 aromatic rings. The Morgan fingerprint density at radius 1 is 0.500 bits per heavy atom. The lowest BCUT2D eigenvalue weighted by atomic mass is 10.2. The fourth-order valence-electron chi connectivity index (χ4n) is 4.51. The van der Waals surface area contributed by atoms with Crippen molar-refractivity contribution in [3.8, 4) is 17.2 Å². The molecule has 0 saturated heterocycles. The standard InChI is InChI=1S/C24H21O3P/c1-4-16-10-13-25-22(16)19(7-1)28(20-8-2-5-17-11-14-26-23(17)20)21-9-3-6-18-12-15-27-24(18)21/h1-9H,10-15H2. The van der Waals surface area contributed by atoms with E-state index in [1.165, 1.54) is 32.6 Å². The molecule has 0 atom stereocenters. The lowest BCUT2D eigenvalue weighted by Crippen LogP contribution is -2.24. The van der Waals surface area contributed by atoms with Crippen molar-refractivity contribution in [3.63, 3.8) is 0 Å². The molecule has 0 saturated carbocycles. The van der Waals surface area contributed by atoms with Crippen LogP contribution in [0.25, 0.3) is 0 Å². The Kier molecular flexibility index (Phi) is 3.84. The Morgan fingerprint density at radius 2 is 0.857 bits per heavy atom. The van der Waals surface area contributed by atoms with Crippen molar-refractivity contribution in [2.75, 3.05) is 19.8 Å². The van der Waals surface area contributed by atoms with Crippen molar-refractivity contribution in [3.05, 3.63) is 71.3 Å². The third-order valence-electron chi connectivity index (χ3n) is 5.80. The maximum atomic E-state index is 6.13. The fourth-order valence-corrected chi connectivity index (χ4v) is 7.23. The summed E-state index contributed by atoms with van der Waals surface area (Å²) in [6.45, 7) is 2.30. The summed E-state index contributed by atoms with van der Waals surface area (Å²) in [5.74, 6) is 3.21. The monoisotopic (exact) mass is 388 g/mol. The first-order chi connectivity index (χ1) is 13.9. The van der Waals surface area contributed by atoms with Gasteiger partial charge in [0.15, 0.2) is 0 Å². The van der Waals surface area contributed by atoms with Gasteiger partial charge in [0.2, 0.25) is 0 Å². The third-order valence-corrected chi connectivity index (χ3v) is 8.31. The summed E-state index contributed by atoms with van der Waals surface area (Å²) in [6.07, 6.45) is 2.96. The molecule has 0 fully saturated rings. The molecule has 28 heavy (non-hydrogen) atoms. The van der Waals surface area contributed by atoms with E-state index in [4.69, 9.17) is 14.2 Å². The van der Waals surface area contributed by atoms with E-state index in [0.717, 1.165) is 56.3 Å². The summed E-state index contributed by atoms with van der Waals surface area (Å²) in [5.41, 5.74) is 3.94. The molecule has 0 N–H and O–H groups in total. The third kappa shape index (κ3) is 2.46. The first-order valence-electron chi connectivity index (χ1n) is 9.94. The summed E-state index contributed by atoms with van der Waals surface area (Å²) in [4.78, 5) is 0. The van der Waals surface area contributed by atoms with Crippen molar-refractivity contribution in [1.82, 2.24) is 0 Å². The van der Waals surface area contributed by atoms with Gasteiger partial charge in [0.25, 0.3) is 0 Å². The Labute approximate surface area is 166 Å². The minimum atomic E-state index is -0.829. The zero-order valence-corrected chi connectivity index (χ0v) is 16.5. The maximum absolute atomic E-state index is 6.13. The molecule has 0 bridgehead atoms. The summed E-state index contributed by atoms with van der Waals surface area (Å²) in [6, 6.07) is 19.8. The van der Waals surface area contributed by atoms with Crippen molar-refractivity contribution >= 4 is 23.8 Å². The molecule has 0 unspecified atom stereocenters. The van der Waals surface area contributed by atoms with Crippen LogP contribution in [0, 0.1) is 0 Å². The summed E-state index contributed by atoms with van der Waals surface area (Å²) in [5, 5.41) is 3.83. The molecule has 4 heteroatoms. The van der Waals surface area contributed by atoms with Gasteiger partial charge in [-0.3, -0.25) is 0 Å². The van der Waals surface area contributed by atoms with Gasteiger partial charge < -0.3 is 14.2 Å². The lowest BCUT2D eigenvalue weighted by Gasteiger charge is -2.24. The van der Waals surface area contributed by atoms with Crippen LogP contribution in [0.4, 0.5) is 0 Å². The molecule has 6 rings (SSSR count). The normalized spacial score (nSPS) is 16.2. The van der Waals surface area contributed by atoms with E-state index in [1.54, 1.807) is 0 Å². The Hall–Kier alpha value is -2.51. The second-order valence-electron chi connectivity index (χ2n) is 7.43. The molecular formula is C24H21O3P. The molecule has 140 valence electrons. The quantitative estimate of drug-likeness (QED) is 0.645. The molecule has 0 spiro atoms. The van der Waals surface area contributed by atoms with Crippen molar-refractivity contribution in [2.45, 2.75) is 19.3 Å². The van der Waals surface area contributed by atoms with Crippen LogP contribution in [0.2, 0.25) is 0 Å². The second-order valence-corrected chi connectivity index (χ2v) is 9.54. The van der Waals surface area contributed by atoms with Gasteiger partial charge >= 0.3 is 0 Å². The van der Waals surface area contributed by atoms with Crippen LogP contribution >= 0.6 is 7.92 Å². The number of rotatable bonds is 3. The molecular weight excluding hydrogens is 367 g/mol. The van der Waals surface area contributed by atoms with Gasteiger partial charge in [0, 0.05) is 35.2 Å². The Morgan fingerprint density at radius 3 is 1.21 bits per heavy atom. The predicted octanol–water partition coefficient (Wildman–Crippen LogP) is 3.25. The van der Waals surface area contributed by atoms with E-state index in [2.05, 4.69) is 54.6 Å². The van der Waals surface area contributed by atoms with Crippen LogP contribution in [0.15, 0.2) is 54.6 Å². The molecule has 0 aromatic heterocycles. The van der Waals surface area contributed by atoms with Gasteiger partial charge in [-0.05, 0) is 24.6 Å². The zero-order valence-electron chi connectivity index (χ0n) is 15.6. The van der Waals surface area contributed by atoms with E-state index >= 15 is 0 Å². The summed E-state index contributed by atoms with van der Waals surface area (Å²) < 4.78 is 18.4. The van der Waals surface area contributed by atoms with Crippen LogP contribution in [-0.4, -0.2) is 19.8 Å². The number of ether oxygens (including phenoxy) is 3. The minimum absolute atomic E-state index is 0.766. The van der Waals surface area contributed by atoms with Gasteiger partial charge in [-0.15, -0.1) is 0 Å². The SMILES string of the molecule is c1cc2c(c(P(c3cccc4c3OCC4)c3cccc4c3OCC4)c1)OCC2. The van der Waals surface area contributed by atoms with E-state index < -0.39 is 7.92 Å². The molecule has 0 amide bonds. The number of fused-ring (bicyclic) bond motifs is 3. The summed E-state index contributed by atoms with van der Waals surface area (Å²) in [7, 11) is -0.829. The number of para-hydroxylation sites is 3. The first-order valence-corrected chi connectivity index (χ1v) is 11.3. The predicted molar refractivity (Wildman–Crippen MR) is 113 cm³/mol. The highest BCUT2D eigenvalue weighted by atomic mass is 31.1. The number of hydrogen-bond acceptors (Lipinski definition) is 3. The van der Waals surface area contributed by atoms with Crippen LogP contribution < -0.4 is 30.1 Å². The van der Waals surface area contributed by atoms with Crippen molar-refractivity contribution in [2.24, 2.45) is 0 Å². The topological polar surface area (TPSA) is 27.7 Å². The van der Waals surface area contributed by atoms with Gasteiger partial charge in [0.05, 0.1) is 19.8 Å². The molecule has 3 aromatic carbocycles. The fraction of sp³-hybridized carbons (Fsp3) is 0.250. The highest BCUT2D eigenvalue weighted by Crippen LogP contribution is 2.46. The molecule has 0 aliphatic carbocycles. The molecule has 3 nitrogen and oxygen atoms in total. The van der Waals surface area contributed by atoms with Crippen LogP contribution in [0.3, 0.4) is 0 Å². The highest BCUT2D eigenvalue weighted by molar-refractivity contribution is 7.80. The van der Waals surface area contributed by atoms with E-state index in [-0.39, 0.29) is 0 Å². The van der Waals surface area contributed by atoms with Gasteiger partial charge in [0.1, 0.15) is 17.2 Å². The summed E-state index contributed by atoms with van der Waals surface area (Å²) >= 11 is 0. The average Bonchev–Trinajstić information content (AvgIpc) is 3.48.